The largest absolute Gasteiger partial charge is 0.325 e. The minimum Gasteiger partial charge on any atom is -0.325 e. The minimum absolute atomic E-state index is 0.531. The second kappa shape index (κ2) is 5.71. The van der Waals surface area contributed by atoms with Crippen molar-refractivity contribution in [3.8, 4) is 0 Å². The molecule has 106 valence electrons. The number of hydrogen-bond acceptors (Lipinski definition) is 4. The molecule has 19 heavy (non-hydrogen) atoms. The predicted octanol–water partition coefficient (Wildman–Crippen LogP) is 1.17. The molecule has 0 aliphatic rings. The fraction of sp³-hybridized carbons (Fsp3) is 0.462. The SMILES string of the molecule is CNCc1cccc(NC(=O)C(C)(C)S(C)(=O)=O)c1. The quantitative estimate of drug-likeness (QED) is 0.851. The van der Waals surface area contributed by atoms with E-state index in [0.717, 1.165) is 11.8 Å². The maximum Gasteiger partial charge on any atom is 0.245 e. The van der Waals surface area contributed by atoms with Crippen molar-refractivity contribution in [2.24, 2.45) is 0 Å². The fourth-order valence-corrected chi connectivity index (χ4v) is 1.80. The molecule has 1 amide bonds. The van der Waals surface area contributed by atoms with Gasteiger partial charge in [0.1, 0.15) is 4.75 Å². The zero-order valence-corrected chi connectivity index (χ0v) is 12.5. The van der Waals surface area contributed by atoms with E-state index in [1.807, 2.05) is 25.2 Å². The van der Waals surface area contributed by atoms with Crippen molar-refractivity contribution in [2.45, 2.75) is 25.1 Å². The summed E-state index contributed by atoms with van der Waals surface area (Å²) in [5, 5.41) is 5.65. The average molecular weight is 284 g/mol. The van der Waals surface area contributed by atoms with Gasteiger partial charge in [-0.25, -0.2) is 8.42 Å². The number of carbonyl (C=O) groups excluding carboxylic acids is 1. The molecular weight excluding hydrogens is 264 g/mol. The average Bonchev–Trinajstić information content (AvgIpc) is 2.28. The summed E-state index contributed by atoms with van der Waals surface area (Å²) in [6.45, 7) is 3.48. The lowest BCUT2D eigenvalue weighted by Gasteiger charge is -2.21. The summed E-state index contributed by atoms with van der Waals surface area (Å²) < 4.78 is 21.7. The van der Waals surface area contributed by atoms with Gasteiger partial charge in [-0.1, -0.05) is 12.1 Å². The van der Waals surface area contributed by atoms with Crippen molar-refractivity contribution in [3.63, 3.8) is 0 Å². The van der Waals surface area contributed by atoms with Gasteiger partial charge in [-0.05, 0) is 38.6 Å². The molecule has 0 aromatic heterocycles. The lowest BCUT2D eigenvalue weighted by molar-refractivity contribution is -0.117. The first-order valence-corrected chi connectivity index (χ1v) is 7.82. The van der Waals surface area contributed by atoms with Crippen molar-refractivity contribution in [1.82, 2.24) is 5.32 Å². The van der Waals surface area contributed by atoms with Gasteiger partial charge >= 0.3 is 0 Å². The van der Waals surface area contributed by atoms with E-state index in [-0.39, 0.29) is 0 Å². The van der Waals surface area contributed by atoms with Crippen LogP contribution in [0.15, 0.2) is 24.3 Å². The monoisotopic (exact) mass is 284 g/mol. The van der Waals surface area contributed by atoms with Gasteiger partial charge < -0.3 is 10.6 Å². The lowest BCUT2D eigenvalue weighted by atomic mass is 10.1. The second-order valence-corrected chi connectivity index (χ2v) is 7.53. The third kappa shape index (κ3) is 3.78. The van der Waals surface area contributed by atoms with E-state index in [4.69, 9.17) is 0 Å². The van der Waals surface area contributed by atoms with Gasteiger partial charge in [-0.2, -0.15) is 0 Å². The van der Waals surface area contributed by atoms with Crippen LogP contribution in [0.25, 0.3) is 0 Å². The summed E-state index contributed by atoms with van der Waals surface area (Å²) in [7, 11) is -1.64. The third-order valence-corrected chi connectivity index (χ3v) is 5.08. The maximum atomic E-state index is 12.0. The van der Waals surface area contributed by atoms with Gasteiger partial charge in [0, 0.05) is 18.5 Å². The summed E-state index contributed by atoms with van der Waals surface area (Å²) in [5.74, 6) is -0.531. The zero-order valence-electron chi connectivity index (χ0n) is 11.6. The normalized spacial score (nSPS) is 12.2. The Morgan fingerprint density at radius 3 is 2.47 bits per heavy atom. The number of rotatable bonds is 5. The van der Waals surface area contributed by atoms with Crippen LogP contribution in [-0.4, -0.2) is 32.4 Å². The van der Waals surface area contributed by atoms with Gasteiger partial charge in [0.2, 0.25) is 5.91 Å². The molecule has 0 saturated heterocycles. The van der Waals surface area contributed by atoms with Crippen molar-refractivity contribution in [3.05, 3.63) is 29.8 Å². The number of nitrogens with one attached hydrogen (secondary N) is 2. The van der Waals surface area contributed by atoms with Crippen LogP contribution >= 0.6 is 0 Å². The van der Waals surface area contributed by atoms with Crippen molar-refractivity contribution in [1.29, 1.82) is 0 Å². The van der Waals surface area contributed by atoms with E-state index >= 15 is 0 Å². The Kier molecular flexibility index (Phi) is 4.70. The van der Waals surface area contributed by atoms with E-state index in [0.29, 0.717) is 12.2 Å². The van der Waals surface area contributed by atoms with Gasteiger partial charge in [0.25, 0.3) is 0 Å². The highest BCUT2D eigenvalue weighted by atomic mass is 32.2. The molecular formula is C13H20N2O3S. The molecule has 0 radical (unpaired) electrons. The first-order chi connectivity index (χ1) is 8.68. The zero-order chi connectivity index (χ0) is 14.7. The van der Waals surface area contributed by atoms with Crippen LogP contribution in [-0.2, 0) is 21.2 Å². The summed E-state index contributed by atoms with van der Waals surface area (Å²) in [6.07, 6.45) is 1.06. The number of hydrogen-bond donors (Lipinski definition) is 2. The maximum absolute atomic E-state index is 12.0. The van der Waals surface area contributed by atoms with E-state index < -0.39 is 20.5 Å². The van der Waals surface area contributed by atoms with Crippen LogP contribution in [0.4, 0.5) is 5.69 Å². The van der Waals surface area contributed by atoms with E-state index in [1.54, 1.807) is 6.07 Å². The van der Waals surface area contributed by atoms with E-state index in [9.17, 15) is 13.2 Å². The molecule has 0 heterocycles. The van der Waals surface area contributed by atoms with Crippen molar-refractivity contribution >= 4 is 21.4 Å². The molecule has 0 unspecified atom stereocenters. The number of benzene rings is 1. The molecule has 0 fully saturated rings. The summed E-state index contributed by atoms with van der Waals surface area (Å²) >= 11 is 0. The van der Waals surface area contributed by atoms with Crippen LogP contribution in [0.2, 0.25) is 0 Å². The Morgan fingerprint density at radius 2 is 1.95 bits per heavy atom. The highest BCUT2D eigenvalue weighted by molar-refractivity contribution is 7.92. The summed E-state index contributed by atoms with van der Waals surface area (Å²) in [4.78, 5) is 12.0. The van der Waals surface area contributed by atoms with Crippen LogP contribution in [0, 0.1) is 0 Å². The molecule has 1 rings (SSSR count). The highest BCUT2D eigenvalue weighted by Gasteiger charge is 2.38. The van der Waals surface area contributed by atoms with Crippen molar-refractivity contribution < 1.29 is 13.2 Å². The molecule has 0 atom stereocenters. The first kappa shape index (κ1) is 15.7. The molecule has 0 bridgehead atoms. The lowest BCUT2D eigenvalue weighted by Crippen LogP contribution is -2.43. The molecule has 0 aliphatic carbocycles. The topological polar surface area (TPSA) is 75.3 Å². The van der Waals surface area contributed by atoms with Crippen LogP contribution < -0.4 is 10.6 Å². The third-order valence-electron chi connectivity index (χ3n) is 3.04. The molecule has 1 aromatic rings. The fourth-order valence-electron chi connectivity index (χ4n) is 1.41. The van der Waals surface area contributed by atoms with Crippen LogP contribution in [0.5, 0.6) is 0 Å². The number of carbonyl (C=O) groups is 1. The van der Waals surface area contributed by atoms with Gasteiger partial charge in [-0.3, -0.25) is 4.79 Å². The van der Waals surface area contributed by atoms with Gasteiger partial charge in [-0.15, -0.1) is 0 Å². The molecule has 2 N–H and O–H groups in total. The number of anilines is 1. The first-order valence-electron chi connectivity index (χ1n) is 5.93. The van der Waals surface area contributed by atoms with Gasteiger partial charge in [0.15, 0.2) is 9.84 Å². The summed E-state index contributed by atoms with van der Waals surface area (Å²) in [5.41, 5.74) is 1.60. The second-order valence-electron chi connectivity index (χ2n) is 4.97. The Balaban J connectivity index is 2.91. The van der Waals surface area contributed by atoms with E-state index in [2.05, 4.69) is 10.6 Å². The Bertz CT molecular complexity index is 565. The smallest absolute Gasteiger partial charge is 0.245 e. The molecule has 0 saturated carbocycles. The molecule has 0 aliphatic heterocycles. The molecule has 6 heteroatoms. The number of amides is 1. The number of sulfone groups is 1. The molecule has 1 aromatic carbocycles. The van der Waals surface area contributed by atoms with Gasteiger partial charge in [0.05, 0.1) is 0 Å². The van der Waals surface area contributed by atoms with Crippen LogP contribution in [0.1, 0.15) is 19.4 Å². The minimum atomic E-state index is -3.47. The Morgan fingerprint density at radius 1 is 1.32 bits per heavy atom. The molecule has 5 nitrogen and oxygen atoms in total. The standard InChI is InChI=1S/C13H20N2O3S/c1-13(2,19(4,17)18)12(16)15-11-7-5-6-10(8-11)9-14-3/h5-8,14H,9H2,1-4H3,(H,15,16). The Labute approximate surface area is 114 Å². The van der Waals surface area contributed by atoms with Crippen LogP contribution in [0.3, 0.4) is 0 Å². The Hall–Kier alpha value is -1.40. The van der Waals surface area contributed by atoms with E-state index in [1.165, 1.54) is 13.8 Å². The summed E-state index contributed by atoms with van der Waals surface area (Å²) in [6, 6.07) is 7.28. The molecule has 0 spiro atoms. The van der Waals surface area contributed by atoms with Crippen molar-refractivity contribution in [2.75, 3.05) is 18.6 Å². The predicted molar refractivity (Wildman–Crippen MR) is 76.8 cm³/mol. The highest BCUT2D eigenvalue weighted by Crippen LogP contribution is 2.19.